The molecule has 0 fully saturated rings. The first-order valence-electron chi connectivity index (χ1n) is 10.3. The summed E-state index contributed by atoms with van der Waals surface area (Å²) in [5.74, 6) is 1.12. The molecule has 0 amide bonds. The highest BCUT2D eigenvalue weighted by atomic mass is 16.5. The predicted octanol–water partition coefficient (Wildman–Crippen LogP) is 4.89. The van der Waals surface area contributed by atoms with Crippen LogP contribution in [0.1, 0.15) is 66.4 Å². The average Bonchev–Trinajstić information content (AvgIpc) is 2.76. The minimum absolute atomic E-state index is 0.147. The van der Waals surface area contributed by atoms with Gasteiger partial charge < -0.3 is 24.2 Å². The zero-order valence-electron chi connectivity index (χ0n) is 19.2. The van der Waals surface area contributed by atoms with E-state index < -0.39 is 0 Å². The van der Waals surface area contributed by atoms with E-state index in [0.29, 0.717) is 31.5 Å². The van der Waals surface area contributed by atoms with Crippen LogP contribution in [-0.2, 0) is 25.7 Å². The third-order valence-electron chi connectivity index (χ3n) is 4.54. The summed E-state index contributed by atoms with van der Waals surface area (Å²) in [6.07, 6.45) is 1.66. The van der Waals surface area contributed by atoms with E-state index in [4.69, 9.17) is 14.3 Å². The van der Waals surface area contributed by atoms with Gasteiger partial charge in [-0.15, -0.1) is 0 Å². The molecule has 0 heterocycles. The molecule has 5 heteroatoms. The largest absolute Gasteiger partial charge is 0.393 e. The van der Waals surface area contributed by atoms with Crippen LogP contribution < -0.4 is 0 Å². The number of carbonyl (C=O) groups excluding carboxylic acids is 3. The van der Waals surface area contributed by atoms with Crippen molar-refractivity contribution in [3.8, 4) is 0 Å². The van der Waals surface area contributed by atoms with Gasteiger partial charge in [-0.2, -0.15) is 0 Å². The lowest BCUT2D eigenvalue weighted by atomic mass is 9.85. The Hall–Kier alpha value is -1.85. The van der Waals surface area contributed by atoms with Gasteiger partial charge in [0.2, 0.25) is 0 Å². The lowest BCUT2D eigenvalue weighted by Crippen LogP contribution is -2.27. The van der Waals surface area contributed by atoms with Crippen molar-refractivity contribution in [2.24, 2.45) is 17.8 Å². The Morgan fingerprint density at radius 2 is 1.55 bits per heavy atom. The van der Waals surface area contributed by atoms with Gasteiger partial charge in [-0.05, 0) is 43.1 Å². The smallest absolute Gasteiger partial charge is 0.129 e. The second-order valence-electron chi connectivity index (χ2n) is 7.03. The molecule has 3 atom stereocenters. The van der Waals surface area contributed by atoms with Crippen molar-refractivity contribution in [1.29, 1.82) is 0 Å². The van der Waals surface area contributed by atoms with Gasteiger partial charge >= 0.3 is 0 Å². The van der Waals surface area contributed by atoms with Crippen molar-refractivity contribution in [3.05, 3.63) is 35.9 Å². The SMILES string of the molecule is C=O.C=O.CC.CC(=O)CCC(C)C(O)CC(COCc1ccccc1)C(C)C. The van der Waals surface area contributed by atoms with Crippen LogP contribution in [0.5, 0.6) is 0 Å². The van der Waals surface area contributed by atoms with E-state index in [1.807, 2.05) is 52.5 Å². The van der Waals surface area contributed by atoms with Crippen LogP contribution in [0.2, 0.25) is 0 Å². The van der Waals surface area contributed by atoms with Crippen molar-refractivity contribution < 1.29 is 24.2 Å². The molecule has 1 aromatic carbocycles. The van der Waals surface area contributed by atoms with Crippen LogP contribution in [0, 0.1) is 17.8 Å². The fourth-order valence-corrected chi connectivity index (χ4v) is 2.60. The van der Waals surface area contributed by atoms with Crippen LogP contribution in [0.25, 0.3) is 0 Å². The van der Waals surface area contributed by atoms with E-state index in [1.165, 1.54) is 5.56 Å². The molecule has 0 aliphatic rings. The first kappa shape index (κ1) is 31.8. The number of aliphatic hydroxyl groups is 1. The molecule has 3 unspecified atom stereocenters. The summed E-state index contributed by atoms with van der Waals surface area (Å²) < 4.78 is 5.86. The van der Waals surface area contributed by atoms with Crippen LogP contribution in [-0.4, -0.2) is 37.2 Å². The molecule has 0 saturated carbocycles. The third kappa shape index (κ3) is 17.9. The van der Waals surface area contributed by atoms with Crippen LogP contribution in [0.3, 0.4) is 0 Å². The zero-order valence-corrected chi connectivity index (χ0v) is 19.2. The van der Waals surface area contributed by atoms with Crippen molar-refractivity contribution in [3.63, 3.8) is 0 Å². The minimum Gasteiger partial charge on any atom is -0.393 e. The number of rotatable bonds is 11. The zero-order chi connectivity index (χ0) is 23.2. The normalized spacial score (nSPS) is 12.7. The van der Waals surface area contributed by atoms with Gasteiger partial charge in [0, 0.05) is 6.42 Å². The van der Waals surface area contributed by atoms with Crippen molar-refractivity contribution in [2.75, 3.05) is 6.61 Å². The first-order chi connectivity index (χ1) is 13.9. The third-order valence-corrected chi connectivity index (χ3v) is 4.54. The van der Waals surface area contributed by atoms with E-state index in [0.717, 1.165) is 12.8 Å². The van der Waals surface area contributed by atoms with E-state index >= 15 is 0 Å². The van der Waals surface area contributed by atoms with Gasteiger partial charge in [-0.25, -0.2) is 0 Å². The molecule has 29 heavy (non-hydrogen) atoms. The molecule has 1 N–H and O–H groups in total. The summed E-state index contributed by atoms with van der Waals surface area (Å²) in [6, 6.07) is 10.1. The molecule has 0 aromatic heterocycles. The Balaban J connectivity index is -0.00000103. The summed E-state index contributed by atoms with van der Waals surface area (Å²) in [6.45, 7) is 17.2. The van der Waals surface area contributed by atoms with Crippen molar-refractivity contribution >= 4 is 19.4 Å². The van der Waals surface area contributed by atoms with Crippen molar-refractivity contribution in [1.82, 2.24) is 0 Å². The molecule has 0 bridgehead atoms. The number of hydrogen-bond donors (Lipinski definition) is 1. The molecule has 0 aliphatic heterocycles. The van der Waals surface area contributed by atoms with Gasteiger partial charge in [-0.3, -0.25) is 0 Å². The predicted molar refractivity (Wildman–Crippen MR) is 120 cm³/mol. The number of carbonyl (C=O) groups is 3. The Labute approximate surface area is 177 Å². The Kier molecular flexibility index (Phi) is 24.6. The number of benzene rings is 1. The number of ether oxygens (including phenoxy) is 1. The van der Waals surface area contributed by atoms with E-state index in [2.05, 4.69) is 26.0 Å². The van der Waals surface area contributed by atoms with E-state index in [-0.39, 0.29) is 17.8 Å². The molecule has 168 valence electrons. The monoisotopic (exact) mass is 410 g/mol. The molecule has 1 rings (SSSR count). The number of aliphatic hydroxyl groups excluding tert-OH is 1. The highest BCUT2D eigenvalue weighted by Gasteiger charge is 2.22. The Bertz CT molecular complexity index is 473. The number of Topliss-reactive ketones (excluding diaryl/α,β-unsaturated/α-hetero) is 1. The van der Waals surface area contributed by atoms with Crippen LogP contribution in [0.4, 0.5) is 0 Å². The molecule has 5 nitrogen and oxygen atoms in total. The topological polar surface area (TPSA) is 80.7 Å². The minimum atomic E-state index is -0.373. The van der Waals surface area contributed by atoms with Crippen LogP contribution in [0.15, 0.2) is 30.3 Å². The van der Waals surface area contributed by atoms with Gasteiger partial charge in [0.1, 0.15) is 19.4 Å². The van der Waals surface area contributed by atoms with Gasteiger partial charge in [0.25, 0.3) is 0 Å². The summed E-state index contributed by atoms with van der Waals surface area (Å²) >= 11 is 0. The van der Waals surface area contributed by atoms with Gasteiger partial charge in [0.15, 0.2) is 0 Å². The summed E-state index contributed by atoms with van der Waals surface area (Å²) in [5.41, 5.74) is 1.17. The molecule has 0 radical (unpaired) electrons. The Morgan fingerprint density at radius 1 is 1.03 bits per heavy atom. The fraction of sp³-hybridized carbons (Fsp3) is 0.625. The molecule has 0 aliphatic carbocycles. The fourth-order valence-electron chi connectivity index (χ4n) is 2.60. The van der Waals surface area contributed by atoms with Crippen LogP contribution >= 0.6 is 0 Å². The van der Waals surface area contributed by atoms with Gasteiger partial charge in [-0.1, -0.05) is 65.0 Å². The second kappa shape index (κ2) is 22.4. The van der Waals surface area contributed by atoms with Gasteiger partial charge in [0.05, 0.1) is 19.3 Å². The van der Waals surface area contributed by atoms with Crippen molar-refractivity contribution in [2.45, 2.75) is 73.5 Å². The summed E-state index contributed by atoms with van der Waals surface area (Å²) in [7, 11) is 0. The highest BCUT2D eigenvalue weighted by Crippen LogP contribution is 2.23. The van der Waals surface area contributed by atoms with E-state index in [1.54, 1.807) is 6.92 Å². The molecule has 0 saturated heterocycles. The lowest BCUT2D eigenvalue weighted by Gasteiger charge is -2.26. The highest BCUT2D eigenvalue weighted by molar-refractivity contribution is 5.75. The first-order valence-corrected chi connectivity index (χ1v) is 10.3. The maximum absolute atomic E-state index is 11.1. The summed E-state index contributed by atoms with van der Waals surface area (Å²) in [5, 5.41) is 10.4. The number of hydrogen-bond acceptors (Lipinski definition) is 5. The van der Waals surface area contributed by atoms with E-state index in [9.17, 15) is 9.90 Å². The average molecular weight is 411 g/mol. The molecular weight excluding hydrogens is 368 g/mol. The number of ketones is 1. The molecule has 1 aromatic rings. The maximum atomic E-state index is 11.1. The lowest BCUT2D eigenvalue weighted by molar-refractivity contribution is -0.117. The second-order valence-corrected chi connectivity index (χ2v) is 7.03. The summed E-state index contributed by atoms with van der Waals surface area (Å²) in [4.78, 5) is 27.1. The standard InChI is InChI=1S/C20H32O3.C2H6.2CH2O/c1-15(2)19(12-20(22)16(3)10-11-17(4)21)14-23-13-18-8-6-5-7-9-18;3*1-2/h5-9,15-16,19-20,22H,10-14H2,1-4H3;1-2H3;2*1H2. The maximum Gasteiger partial charge on any atom is 0.129 e. The molecular formula is C24H42O5. The quantitative estimate of drug-likeness (QED) is 0.562. The Morgan fingerprint density at radius 3 is 2.00 bits per heavy atom. The molecule has 0 spiro atoms.